The first-order chi connectivity index (χ1) is 8.05. The highest BCUT2D eigenvalue weighted by molar-refractivity contribution is 5.86. The van der Waals surface area contributed by atoms with Crippen LogP contribution in [-0.2, 0) is 4.79 Å². The molecular formula is C11H21N6O+. The van der Waals surface area contributed by atoms with Crippen LogP contribution in [0.15, 0.2) is 17.4 Å². The van der Waals surface area contributed by atoms with Gasteiger partial charge in [-0.05, 0) is 19.0 Å². The van der Waals surface area contributed by atoms with Gasteiger partial charge in [0.1, 0.15) is 12.1 Å². The molecule has 0 aliphatic carbocycles. The van der Waals surface area contributed by atoms with E-state index in [1.54, 1.807) is 27.7 Å². The molecular weight excluding hydrogens is 232 g/mol. The van der Waals surface area contributed by atoms with E-state index in [1.807, 2.05) is 0 Å². The van der Waals surface area contributed by atoms with E-state index < -0.39 is 11.1 Å². The monoisotopic (exact) mass is 253 g/mol. The Morgan fingerprint density at radius 3 is 2.00 bits per heavy atom. The third-order valence-corrected chi connectivity index (χ3v) is 2.55. The Morgan fingerprint density at radius 2 is 1.67 bits per heavy atom. The Balaban J connectivity index is 5.72. The summed E-state index contributed by atoms with van der Waals surface area (Å²) in [5.74, 6) is -0.229. The lowest BCUT2D eigenvalue weighted by atomic mass is 10.0. The summed E-state index contributed by atoms with van der Waals surface area (Å²) >= 11 is 0. The Hall–Kier alpha value is -2.05. The molecule has 0 aliphatic rings. The number of nitrogens with zero attached hydrogens (tertiary/aromatic N) is 2. The van der Waals surface area contributed by atoms with E-state index in [0.717, 1.165) is 0 Å². The molecule has 0 bridgehead atoms. The number of amidine groups is 2. The van der Waals surface area contributed by atoms with Crippen molar-refractivity contribution in [3.63, 3.8) is 0 Å². The van der Waals surface area contributed by atoms with Crippen molar-refractivity contribution >= 4 is 18.0 Å². The van der Waals surface area contributed by atoms with E-state index >= 15 is 0 Å². The summed E-state index contributed by atoms with van der Waals surface area (Å²) in [5, 5.41) is 19.3. The number of azo groups is 2. The van der Waals surface area contributed by atoms with Crippen LogP contribution in [0.1, 0.15) is 27.7 Å². The van der Waals surface area contributed by atoms with Crippen LogP contribution in [0.2, 0.25) is 0 Å². The minimum absolute atomic E-state index is 0.110. The number of carbonyl (C=O) groups excluding carboxylic acids is 1. The summed E-state index contributed by atoms with van der Waals surface area (Å²) in [6.45, 7) is 6.69. The summed E-state index contributed by atoms with van der Waals surface area (Å²) in [4.78, 5) is 10.4. The van der Waals surface area contributed by atoms with Crippen LogP contribution in [0.25, 0.3) is 0 Å². The van der Waals surface area contributed by atoms with Crippen molar-refractivity contribution in [2.45, 2.75) is 38.8 Å². The van der Waals surface area contributed by atoms with Crippen molar-refractivity contribution in [1.82, 2.24) is 0 Å². The molecule has 0 heterocycles. The van der Waals surface area contributed by atoms with Crippen molar-refractivity contribution in [2.24, 2.45) is 16.6 Å². The normalized spacial score (nSPS) is 13.7. The van der Waals surface area contributed by atoms with Gasteiger partial charge in [0.25, 0.3) is 0 Å². The Kier molecular flexibility index (Phi) is 4.89. The smallest absolute Gasteiger partial charge is 0.243 e. The zero-order valence-corrected chi connectivity index (χ0v) is 11.2. The third-order valence-electron chi connectivity index (χ3n) is 2.55. The van der Waals surface area contributed by atoms with Gasteiger partial charge in [0.05, 0.1) is 0 Å². The number of allylic oxidation sites excluding steroid dienone is 1. The predicted octanol–water partition coefficient (Wildman–Crippen LogP) is 0.593. The van der Waals surface area contributed by atoms with Gasteiger partial charge in [-0.2, -0.15) is 0 Å². The molecule has 7 heteroatoms. The van der Waals surface area contributed by atoms with Gasteiger partial charge in [0, 0.05) is 19.9 Å². The van der Waals surface area contributed by atoms with Crippen LogP contribution < -0.4 is 11.5 Å². The molecule has 0 amide bonds. The molecule has 0 saturated heterocycles. The van der Waals surface area contributed by atoms with Gasteiger partial charge in [-0.1, -0.05) is 4.70 Å². The van der Waals surface area contributed by atoms with Crippen LogP contribution in [0, 0.1) is 10.8 Å². The number of nitrogens with one attached hydrogen (secondary N) is 2. The second kappa shape index (κ2) is 5.52. The van der Waals surface area contributed by atoms with Crippen LogP contribution >= 0.6 is 0 Å². The average Bonchev–Trinajstić information content (AvgIpc) is 2.23. The van der Waals surface area contributed by atoms with Crippen molar-refractivity contribution in [3.05, 3.63) is 12.3 Å². The molecule has 0 spiro atoms. The molecule has 6 N–H and O–H groups in total. The van der Waals surface area contributed by atoms with Crippen molar-refractivity contribution in [2.75, 3.05) is 0 Å². The fourth-order valence-electron chi connectivity index (χ4n) is 0.908. The average molecular weight is 253 g/mol. The maximum Gasteiger partial charge on any atom is 0.243 e. The maximum absolute atomic E-state index is 10.4. The zero-order chi connectivity index (χ0) is 14.6. The molecule has 0 aromatic carbocycles. The lowest BCUT2D eigenvalue weighted by Gasteiger charge is -2.20. The number of hydrogen-bond donors (Lipinski definition) is 4. The molecule has 0 aromatic rings. The minimum atomic E-state index is -0.944. The lowest BCUT2D eigenvalue weighted by molar-refractivity contribution is -0.587. The topological polar surface area (TPSA) is 132 Å². The van der Waals surface area contributed by atoms with E-state index in [2.05, 4.69) is 5.11 Å². The van der Waals surface area contributed by atoms with Crippen molar-refractivity contribution < 1.29 is 9.49 Å². The Bertz CT molecular complexity index is 419. The van der Waals surface area contributed by atoms with E-state index in [0.29, 0.717) is 6.29 Å². The van der Waals surface area contributed by atoms with Gasteiger partial charge in [-0.25, -0.2) is 0 Å². The van der Waals surface area contributed by atoms with Gasteiger partial charge >= 0.3 is 0 Å². The molecule has 0 aromatic heterocycles. The number of carbonyl (C=O) groups is 1. The van der Waals surface area contributed by atoms with E-state index in [4.69, 9.17) is 22.3 Å². The standard InChI is InChI=1S/C11H21N6O/c1-10(2,8(12)13)16-17(6-5-7-18)11(3,4)9(14)15/h5-7H,1-4H3,(H3,12,13)(H3,14,15)/q+1. The Labute approximate surface area is 107 Å². The van der Waals surface area contributed by atoms with Crippen LogP contribution in [0.4, 0.5) is 0 Å². The highest BCUT2D eigenvalue weighted by Crippen LogP contribution is 2.16. The molecule has 100 valence electrons. The highest BCUT2D eigenvalue weighted by Gasteiger charge is 2.38. The molecule has 7 nitrogen and oxygen atoms in total. The molecule has 0 aliphatic heterocycles. The van der Waals surface area contributed by atoms with Gasteiger partial charge in [0.2, 0.25) is 5.54 Å². The fraction of sp³-hybridized carbons (Fsp3) is 0.545. The summed E-state index contributed by atoms with van der Waals surface area (Å²) in [7, 11) is 0. The SMILES string of the molecule is CC(C)(N=[N+](C=CC=O)C(C)(C)C(=N)N)C(=N)N. The number of rotatable bonds is 6. The van der Waals surface area contributed by atoms with E-state index in [-0.39, 0.29) is 11.7 Å². The number of nitrogens with two attached hydrogens (primary N) is 2. The molecule has 0 radical (unpaired) electrons. The number of hydrogen-bond acceptors (Lipinski definition) is 4. The van der Waals surface area contributed by atoms with Gasteiger partial charge < -0.3 is 11.5 Å². The molecule has 0 saturated carbocycles. The molecule has 0 rings (SSSR count). The molecule has 0 unspecified atom stereocenters. The largest absolute Gasteiger partial charge is 0.385 e. The summed E-state index contributed by atoms with van der Waals surface area (Å²) in [6, 6.07) is 0. The fourth-order valence-corrected chi connectivity index (χ4v) is 0.908. The van der Waals surface area contributed by atoms with E-state index in [1.165, 1.54) is 17.0 Å². The lowest BCUT2D eigenvalue weighted by Crippen LogP contribution is -2.47. The third kappa shape index (κ3) is 3.76. The predicted molar refractivity (Wildman–Crippen MR) is 69.9 cm³/mol. The highest BCUT2D eigenvalue weighted by atomic mass is 16.1. The zero-order valence-electron chi connectivity index (χ0n) is 11.2. The van der Waals surface area contributed by atoms with Gasteiger partial charge in [-0.3, -0.25) is 15.6 Å². The van der Waals surface area contributed by atoms with Crippen LogP contribution in [-0.4, -0.2) is 33.7 Å². The number of aldehydes is 1. The molecule has 18 heavy (non-hydrogen) atoms. The van der Waals surface area contributed by atoms with Gasteiger partial charge in [-0.15, -0.1) is 0 Å². The quantitative estimate of drug-likeness (QED) is 0.138. The molecule has 0 fully saturated rings. The second-order valence-electron chi connectivity index (χ2n) is 4.87. The Morgan fingerprint density at radius 1 is 1.17 bits per heavy atom. The van der Waals surface area contributed by atoms with Crippen LogP contribution in [0.5, 0.6) is 0 Å². The first kappa shape index (κ1) is 16.0. The summed E-state index contributed by atoms with van der Waals surface area (Å²) < 4.78 is 1.37. The first-order valence-electron chi connectivity index (χ1n) is 5.39. The first-order valence-corrected chi connectivity index (χ1v) is 5.39. The van der Waals surface area contributed by atoms with E-state index in [9.17, 15) is 4.79 Å². The second-order valence-corrected chi connectivity index (χ2v) is 4.87. The summed E-state index contributed by atoms with van der Waals surface area (Å²) in [5.41, 5.74) is 9.11. The minimum Gasteiger partial charge on any atom is -0.385 e. The summed E-state index contributed by atoms with van der Waals surface area (Å²) in [6.07, 6.45) is 3.24. The van der Waals surface area contributed by atoms with Crippen molar-refractivity contribution in [3.8, 4) is 0 Å². The molecule has 0 atom stereocenters. The van der Waals surface area contributed by atoms with Gasteiger partial charge in [0.15, 0.2) is 17.6 Å². The van der Waals surface area contributed by atoms with Crippen molar-refractivity contribution in [1.29, 1.82) is 10.8 Å². The maximum atomic E-state index is 10.4. The van der Waals surface area contributed by atoms with Crippen LogP contribution in [0.3, 0.4) is 0 Å².